The number of rotatable bonds is 4. The fourth-order valence-corrected chi connectivity index (χ4v) is 2.37. The number of nitrogens with two attached hydrogens (primary N) is 1. The zero-order chi connectivity index (χ0) is 13.0. The number of piperazine rings is 1. The van der Waals surface area contributed by atoms with Gasteiger partial charge in [0.15, 0.2) is 0 Å². The summed E-state index contributed by atoms with van der Waals surface area (Å²) < 4.78 is 0. The normalized spacial score (nSPS) is 18.9. The van der Waals surface area contributed by atoms with Crippen LogP contribution >= 0.6 is 0 Å². The van der Waals surface area contributed by atoms with Crippen LogP contribution in [0.5, 0.6) is 0 Å². The van der Waals surface area contributed by atoms with Crippen molar-refractivity contribution in [2.24, 2.45) is 11.7 Å². The van der Waals surface area contributed by atoms with Crippen LogP contribution in [0.4, 0.5) is 5.82 Å². The van der Waals surface area contributed by atoms with Crippen LogP contribution in [-0.4, -0.2) is 49.2 Å². The minimum atomic E-state index is 0.591. The van der Waals surface area contributed by atoms with Crippen molar-refractivity contribution < 1.29 is 0 Å². The second kappa shape index (κ2) is 6.16. The fraction of sp³-hybridized carbons (Fsp3) is 0.643. The number of hydrogen-bond donors (Lipinski definition) is 1. The maximum atomic E-state index is 5.68. The van der Waals surface area contributed by atoms with Gasteiger partial charge in [-0.05, 0) is 37.1 Å². The van der Waals surface area contributed by atoms with Crippen molar-refractivity contribution in [2.75, 3.05) is 44.2 Å². The first-order chi connectivity index (χ1) is 8.69. The van der Waals surface area contributed by atoms with Crippen LogP contribution < -0.4 is 10.6 Å². The molecule has 1 aliphatic rings. The zero-order valence-electron chi connectivity index (χ0n) is 11.5. The Morgan fingerprint density at radius 1 is 1.33 bits per heavy atom. The number of aromatic nitrogens is 1. The van der Waals surface area contributed by atoms with Gasteiger partial charge in [-0.1, -0.05) is 6.92 Å². The number of pyridine rings is 1. The van der Waals surface area contributed by atoms with Gasteiger partial charge in [0.2, 0.25) is 0 Å². The van der Waals surface area contributed by atoms with E-state index in [9.17, 15) is 0 Å². The Morgan fingerprint density at radius 2 is 2.06 bits per heavy atom. The summed E-state index contributed by atoms with van der Waals surface area (Å²) in [5.74, 6) is 1.70. The Morgan fingerprint density at radius 3 is 2.67 bits per heavy atom. The molecule has 2 rings (SSSR count). The van der Waals surface area contributed by atoms with E-state index >= 15 is 0 Å². The molecule has 100 valence electrons. The summed E-state index contributed by atoms with van der Waals surface area (Å²) in [6.07, 6.45) is 1.90. The van der Waals surface area contributed by atoms with E-state index in [1.165, 1.54) is 5.56 Å². The molecule has 0 saturated carbocycles. The highest BCUT2D eigenvalue weighted by atomic mass is 15.3. The third-order valence-corrected chi connectivity index (χ3v) is 3.57. The van der Waals surface area contributed by atoms with Gasteiger partial charge in [0.25, 0.3) is 0 Å². The van der Waals surface area contributed by atoms with E-state index in [2.05, 4.69) is 34.7 Å². The smallest absolute Gasteiger partial charge is 0.128 e. The molecule has 0 amide bonds. The summed E-state index contributed by atoms with van der Waals surface area (Å²) in [4.78, 5) is 9.33. The molecule has 0 aromatic carbocycles. The van der Waals surface area contributed by atoms with Crippen LogP contribution in [0.2, 0.25) is 0 Å². The van der Waals surface area contributed by atoms with Crippen molar-refractivity contribution in [2.45, 2.75) is 13.8 Å². The first-order valence-corrected chi connectivity index (χ1v) is 6.79. The van der Waals surface area contributed by atoms with Crippen LogP contribution in [-0.2, 0) is 0 Å². The molecule has 1 aromatic heterocycles. The summed E-state index contributed by atoms with van der Waals surface area (Å²) in [6.45, 7) is 10.6. The Labute approximate surface area is 110 Å². The molecule has 0 radical (unpaired) electrons. The lowest BCUT2D eigenvalue weighted by molar-refractivity contribution is 0.227. The van der Waals surface area contributed by atoms with Crippen LogP contribution in [0.1, 0.15) is 12.5 Å². The first kappa shape index (κ1) is 13.3. The predicted molar refractivity (Wildman–Crippen MR) is 75.8 cm³/mol. The highest BCUT2D eigenvalue weighted by Crippen LogP contribution is 2.15. The lowest BCUT2D eigenvalue weighted by Crippen LogP contribution is -2.48. The minimum Gasteiger partial charge on any atom is -0.354 e. The number of hydrogen-bond acceptors (Lipinski definition) is 4. The van der Waals surface area contributed by atoms with Gasteiger partial charge in [0.1, 0.15) is 5.82 Å². The number of aryl methyl sites for hydroxylation is 1. The van der Waals surface area contributed by atoms with Gasteiger partial charge in [0.05, 0.1) is 0 Å². The van der Waals surface area contributed by atoms with E-state index in [1.54, 1.807) is 0 Å². The lowest BCUT2D eigenvalue weighted by atomic mass is 10.1. The number of anilines is 1. The second-order valence-corrected chi connectivity index (χ2v) is 5.32. The maximum absolute atomic E-state index is 5.68. The zero-order valence-corrected chi connectivity index (χ0v) is 11.5. The van der Waals surface area contributed by atoms with Gasteiger partial charge in [-0.25, -0.2) is 4.98 Å². The van der Waals surface area contributed by atoms with E-state index in [0.29, 0.717) is 5.92 Å². The average molecular weight is 248 g/mol. The molecule has 1 saturated heterocycles. The molecular formula is C14H24N4. The number of nitrogens with zero attached hydrogens (tertiary/aromatic N) is 3. The minimum absolute atomic E-state index is 0.591. The van der Waals surface area contributed by atoms with E-state index in [4.69, 9.17) is 5.73 Å². The summed E-state index contributed by atoms with van der Waals surface area (Å²) in [5, 5.41) is 0. The molecule has 0 aliphatic carbocycles. The molecule has 1 aliphatic heterocycles. The van der Waals surface area contributed by atoms with E-state index in [1.807, 2.05) is 12.3 Å². The average Bonchev–Trinajstić information content (AvgIpc) is 2.39. The molecule has 2 heterocycles. The van der Waals surface area contributed by atoms with Gasteiger partial charge in [-0.2, -0.15) is 0 Å². The molecule has 18 heavy (non-hydrogen) atoms. The van der Waals surface area contributed by atoms with Gasteiger partial charge in [-0.15, -0.1) is 0 Å². The molecule has 4 heteroatoms. The molecule has 4 nitrogen and oxygen atoms in total. The van der Waals surface area contributed by atoms with Crippen molar-refractivity contribution in [3.63, 3.8) is 0 Å². The van der Waals surface area contributed by atoms with Gasteiger partial charge in [-0.3, -0.25) is 4.90 Å². The van der Waals surface area contributed by atoms with E-state index in [-0.39, 0.29) is 0 Å². The molecular weight excluding hydrogens is 224 g/mol. The summed E-state index contributed by atoms with van der Waals surface area (Å²) in [6, 6.07) is 4.21. The molecule has 1 fully saturated rings. The largest absolute Gasteiger partial charge is 0.354 e. The Bertz CT molecular complexity index is 372. The van der Waals surface area contributed by atoms with Crippen molar-refractivity contribution in [1.29, 1.82) is 0 Å². The van der Waals surface area contributed by atoms with Crippen LogP contribution in [0.25, 0.3) is 0 Å². The standard InChI is InChI=1S/C14H24N4/c1-12-3-4-16-14(9-12)18-7-5-17(6-8-18)11-13(2)10-15/h3-4,9,13H,5-8,10-11,15H2,1-2H3. The molecule has 1 unspecified atom stereocenters. The summed E-state index contributed by atoms with van der Waals surface area (Å²) >= 11 is 0. The van der Waals surface area contributed by atoms with Crippen LogP contribution in [0, 0.1) is 12.8 Å². The maximum Gasteiger partial charge on any atom is 0.128 e. The van der Waals surface area contributed by atoms with E-state index < -0.39 is 0 Å². The highest BCUT2D eigenvalue weighted by Gasteiger charge is 2.18. The second-order valence-electron chi connectivity index (χ2n) is 5.32. The summed E-state index contributed by atoms with van der Waals surface area (Å²) in [5.41, 5.74) is 6.95. The third-order valence-electron chi connectivity index (χ3n) is 3.57. The van der Waals surface area contributed by atoms with Gasteiger partial charge >= 0.3 is 0 Å². The van der Waals surface area contributed by atoms with Crippen LogP contribution in [0.15, 0.2) is 18.3 Å². The van der Waals surface area contributed by atoms with Crippen molar-refractivity contribution >= 4 is 5.82 Å². The van der Waals surface area contributed by atoms with Crippen molar-refractivity contribution in [3.05, 3.63) is 23.9 Å². The quantitative estimate of drug-likeness (QED) is 0.867. The Kier molecular flexibility index (Phi) is 4.55. The third kappa shape index (κ3) is 3.43. The molecule has 0 spiro atoms. The van der Waals surface area contributed by atoms with Crippen molar-refractivity contribution in [3.8, 4) is 0 Å². The fourth-order valence-electron chi connectivity index (χ4n) is 2.37. The Hall–Kier alpha value is -1.13. The lowest BCUT2D eigenvalue weighted by Gasteiger charge is -2.36. The molecule has 1 atom stereocenters. The van der Waals surface area contributed by atoms with Crippen LogP contribution in [0.3, 0.4) is 0 Å². The SMILES string of the molecule is Cc1ccnc(N2CCN(CC(C)CN)CC2)c1. The Balaban J connectivity index is 1.87. The predicted octanol–water partition coefficient (Wildman–Crippen LogP) is 1.11. The van der Waals surface area contributed by atoms with E-state index in [0.717, 1.165) is 45.1 Å². The topological polar surface area (TPSA) is 45.4 Å². The molecule has 0 bridgehead atoms. The van der Waals surface area contributed by atoms with Gasteiger partial charge < -0.3 is 10.6 Å². The molecule has 2 N–H and O–H groups in total. The monoisotopic (exact) mass is 248 g/mol. The first-order valence-electron chi connectivity index (χ1n) is 6.79. The molecule has 1 aromatic rings. The van der Waals surface area contributed by atoms with Crippen molar-refractivity contribution in [1.82, 2.24) is 9.88 Å². The van der Waals surface area contributed by atoms with Gasteiger partial charge in [0, 0.05) is 38.9 Å². The summed E-state index contributed by atoms with van der Waals surface area (Å²) in [7, 11) is 0. The highest BCUT2D eigenvalue weighted by molar-refractivity contribution is 5.41.